The highest BCUT2D eigenvalue weighted by atomic mass is 16.1. The molecule has 0 unspecified atom stereocenters. The van der Waals surface area contributed by atoms with Gasteiger partial charge in [0.25, 0.3) is 11.1 Å². The van der Waals surface area contributed by atoms with E-state index in [1.165, 1.54) is 12.7 Å². The summed E-state index contributed by atoms with van der Waals surface area (Å²) in [7, 11) is 0. The molecular weight excluding hydrogens is 316 g/mol. The monoisotopic (exact) mass is 328 g/mol. The zero-order valence-electron chi connectivity index (χ0n) is 12.2. The molecule has 0 saturated heterocycles. The fourth-order valence-electron chi connectivity index (χ4n) is 2.48. The number of nitrogens with one attached hydrogen (secondary N) is 2. The number of fused-ring (bicyclic) bond motifs is 2. The Hall–Kier alpha value is -3.70. The van der Waals surface area contributed by atoms with E-state index in [1.807, 2.05) is 0 Å². The van der Waals surface area contributed by atoms with Crippen LogP contribution in [-0.2, 0) is 13.1 Å². The van der Waals surface area contributed by atoms with Gasteiger partial charge in [0.05, 0.1) is 12.7 Å². The first-order valence-electron chi connectivity index (χ1n) is 6.94. The third-order valence-electron chi connectivity index (χ3n) is 3.57. The summed E-state index contributed by atoms with van der Waals surface area (Å²) in [5, 5.41) is 0. The van der Waals surface area contributed by atoms with Crippen molar-refractivity contribution in [2.75, 3.05) is 11.5 Å². The third kappa shape index (κ3) is 2.08. The third-order valence-corrected chi connectivity index (χ3v) is 3.57. The van der Waals surface area contributed by atoms with Crippen molar-refractivity contribution in [1.82, 2.24) is 39.0 Å². The van der Waals surface area contributed by atoms with E-state index < -0.39 is 11.1 Å². The highest BCUT2D eigenvalue weighted by molar-refractivity contribution is 5.71. The highest BCUT2D eigenvalue weighted by Gasteiger charge is 2.12. The van der Waals surface area contributed by atoms with E-state index in [4.69, 9.17) is 11.5 Å². The van der Waals surface area contributed by atoms with Gasteiger partial charge in [0.2, 0.25) is 11.9 Å². The molecule has 0 fully saturated rings. The summed E-state index contributed by atoms with van der Waals surface area (Å²) in [6.07, 6.45) is 3.00. The second-order valence-electron chi connectivity index (χ2n) is 5.12. The van der Waals surface area contributed by atoms with Crippen LogP contribution in [-0.4, -0.2) is 39.0 Å². The lowest BCUT2D eigenvalue weighted by Crippen LogP contribution is -2.14. The minimum absolute atomic E-state index is 0.0169. The quantitative estimate of drug-likeness (QED) is 0.347. The molecular formula is C12H12N10O2. The number of rotatable bonds is 3. The van der Waals surface area contributed by atoms with Gasteiger partial charge in [-0.2, -0.15) is 9.97 Å². The van der Waals surface area contributed by atoms with E-state index in [9.17, 15) is 9.59 Å². The molecule has 6 N–H and O–H groups in total. The van der Waals surface area contributed by atoms with Gasteiger partial charge >= 0.3 is 0 Å². The van der Waals surface area contributed by atoms with Crippen LogP contribution < -0.4 is 22.6 Å². The second-order valence-corrected chi connectivity index (χ2v) is 5.12. The van der Waals surface area contributed by atoms with Gasteiger partial charge in [-0.1, -0.05) is 0 Å². The molecule has 0 aliphatic carbocycles. The number of aromatic amines is 2. The number of aryl methyl sites for hydroxylation is 2. The first-order valence-corrected chi connectivity index (χ1v) is 6.94. The summed E-state index contributed by atoms with van der Waals surface area (Å²) in [4.78, 5) is 44.6. The van der Waals surface area contributed by atoms with Crippen LogP contribution in [0, 0.1) is 0 Å². The molecule has 4 heterocycles. The predicted molar refractivity (Wildman–Crippen MR) is 85.1 cm³/mol. The number of aromatic nitrogens is 8. The summed E-state index contributed by atoms with van der Waals surface area (Å²) in [5.74, 6) is 0.0339. The van der Waals surface area contributed by atoms with E-state index in [2.05, 4.69) is 29.9 Å². The molecule has 0 bridgehead atoms. The molecule has 0 aliphatic rings. The molecule has 0 spiro atoms. The molecule has 4 rings (SSSR count). The Morgan fingerprint density at radius 3 is 1.67 bits per heavy atom. The van der Waals surface area contributed by atoms with Crippen LogP contribution in [0.25, 0.3) is 22.3 Å². The fourth-order valence-corrected chi connectivity index (χ4v) is 2.48. The Morgan fingerprint density at radius 1 is 0.833 bits per heavy atom. The number of hydrogen-bond donors (Lipinski definition) is 4. The van der Waals surface area contributed by atoms with Gasteiger partial charge < -0.3 is 20.6 Å². The number of nitrogens with zero attached hydrogens (tertiary/aromatic N) is 6. The number of nitrogen functional groups attached to an aromatic ring is 2. The van der Waals surface area contributed by atoms with Crippen LogP contribution in [0.5, 0.6) is 0 Å². The molecule has 24 heavy (non-hydrogen) atoms. The van der Waals surface area contributed by atoms with Gasteiger partial charge in [-0.05, 0) is 0 Å². The number of nitrogens with two attached hydrogens (primary N) is 2. The number of anilines is 2. The number of imidazole rings is 2. The summed E-state index contributed by atoms with van der Waals surface area (Å²) in [6.45, 7) is 0.846. The van der Waals surface area contributed by atoms with Crippen LogP contribution in [0.4, 0.5) is 11.9 Å². The zero-order chi connectivity index (χ0) is 16.8. The lowest BCUT2D eigenvalue weighted by molar-refractivity contribution is 0.594. The molecule has 122 valence electrons. The number of hydrogen-bond acceptors (Lipinski definition) is 8. The van der Waals surface area contributed by atoms with Crippen LogP contribution in [0.2, 0.25) is 0 Å². The Kier molecular flexibility index (Phi) is 2.85. The van der Waals surface area contributed by atoms with Gasteiger partial charge in [-0.3, -0.25) is 19.6 Å². The van der Waals surface area contributed by atoms with Crippen molar-refractivity contribution < 1.29 is 0 Å². The molecule has 0 aliphatic heterocycles. The maximum atomic E-state index is 11.8. The van der Waals surface area contributed by atoms with E-state index in [0.29, 0.717) is 24.4 Å². The first kappa shape index (κ1) is 13.9. The molecule has 0 amide bonds. The van der Waals surface area contributed by atoms with Crippen molar-refractivity contribution in [3.63, 3.8) is 0 Å². The predicted octanol–water partition coefficient (Wildman–Crippen LogP) is -1.58. The molecule has 4 aromatic rings. The summed E-state index contributed by atoms with van der Waals surface area (Å²) >= 11 is 0. The van der Waals surface area contributed by atoms with Crippen molar-refractivity contribution in [1.29, 1.82) is 0 Å². The average molecular weight is 328 g/mol. The molecule has 0 radical (unpaired) electrons. The van der Waals surface area contributed by atoms with Crippen LogP contribution in [0.3, 0.4) is 0 Å². The largest absolute Gasteiger partial charge is 0.369 e. The van der Waals surface area contributed by atoms with Crippen molar-refractivity contribution in [2.24, 2.45) is 0 Å². The van der Waals surface area contributed by atoms with Gasteiger partial charge in [-0.25, -0.2) is 9.97 Å². The lowest BCUT2D eigenvalue weighted by Gasteiger charge is -2.06. The SMILES string of the molecule is Nc1nc2c(ncn2CCn2cnc3c(=O)[nH]c(N)nc32)c(=O)[nH]1. The Morgan fingerprint density at radius 2 is 1.25 bits per heavy atom. The normalized spacial score (nSPS) is 11.5. The van der Waals surface area contributed by atoms with Crippen LogP contribution in [0.15, 0.2) is 22.2 Å². The van der Waals surface area contributed by atoms with Gasteiger partial charge in [0.15, 0.2) is 22.3 Å². The van der Waals surface area contributed by atoms with Crippen molar-refractivity contribution in [2.45, 2.75) is 13.1 Å². The molecule has 0 atom stereocenters. The molecule has 12 heteroatoms. The van der Waals surface area contributed by atoms with Crippen LogP contribution in [0.1, 0.15) is 0 Å². The molecule has 4 aromatic heterocycles. The zero-order valence-corrected chi connectivity index (χ0v) is 12.2. The molecule has 12 nitrogen and oxygen atoms in total. The minimum atomic E-state index is -0.398. The number of H-pyrrole nitrogens is 2. The maximum absolute atomic E-state index is 11.8. The van der Waals surface area contributed by atoms with E-state index in [0.717, 1.165) is 0 Å². The topological polar surface area (TPSA) is 179 Å². The molecule has 0 aromatic carbocycles. The summed E-state index contributed by atoms with van der Waals surface area (Å²) in [6, 6.07) is 0. The van der Waals surface area contributed by atoms with E-state index >= 15 is 0 Å². The summed E-state index contributed by atoms with van der Waals surface area (Å²) < 4.78 is 3.37. The molecule has 0 saturated carbocycles. The van der Waals surface area contributed by atoms with Gasteiger partial charge in [0.1, 0.15) is 0 Å². The van der Waals surface area contributed by atoms with Crippen molar-refractivity contribution in [3.8, 4) is 0 Å². The lowest BCUT2D eigenvalue weighted by atomic mass is 10.5. The Bertz CT molecular complexity index is 1090. The van der Waals surface area contributed by atoms with E-state index in [-0.39, 0.29) is 22.9 Å². The second kappa shape index (κ2) is 4.91. The first-order chi connectivity index (χ1) is 11.5. The minimum Gasteiger partial charge on any atom is -0.369 e. The van der Waals surface area contributed by atoms with Crippen LogP contribution >= 0.6 is 0 Å². The van der Waals surface area contributed by atoms with Gasteiger partial charge in [0, 0.05) is 13.1 Å². The Labute approximate surface area is 132 Å². The average Bonchev–Trinajstić information content (AvgIpc) is 3.09. The standard InChI is InChI=1S/C12H12N10O2/c13-11-17-7-5(9(23)19-11)15-3-21(7)1-2-22-4-16-6-8(22)18-12(14)20-10(6)24/h3-4H,1-2H2,(H3,13,17,19,23)(H3,14,18,20,24). The van der Waals surface area contributed by atoms with Crippen molar-refractivity contribution in [3.05, 3.63) is 33.4 Å². The van der Waals surface area contributed by atoms with Gasteiger partial charge in [-0.15, -0.1) is 0 Å². The summed E-state index contributed by atoms with van der Waals surface area (Å²) in [5.41, 5.74) is 11.5. The fraction of sp³-hybridized carbons (Fsp3) is 0.167. The Balaban J connectivity index is 1.71. The highest BCUT2D eigenvalue weighted by Crippen LogP contribution is 2.09. The van der Waals surface area contributed by atoms with E-state index in [1.54, 1.807) is 9.13 Å². The smallest absolute Gasteiger partial charge is 0.280 e. The maximum Gasteiger partial charge on any atom is 0.280 e. The van der Waals surface area contributed by atoms with Crippen molar-refractivity contribution >= 4 is 34.2 Å².